The zero-order chi connectivity index (χ0) is 10.1. The van der Waals surface area contributed by atoms with Gasteiger partial charge < -0.3 is 11.5 Å². The third-order valence-corrected chi connectivity index (χ3v) is 1.88. The van der Waals surface area contributed by atoms with E-state index < -0.39 is 5.91 Å². The van der Waals surface area contributed by atoms with Crippen molar-refractivity contribution in [3.05, 3.63) is 30.0 Å². The zero-order valence-electron chi connectivity index (χ0n) is 7.27. The van der Waals surface area contributed by atoms with Crippen LogP contribution in [-0.2, 0) is 0 Å². The van der Waals surface area contributed by atoms with Gasteiger partial charge in [-0.1, -0.05) is 0 Å². The highest BCUT2D eigenvalue weighted by Gasteiger charge is 2.08. The molecule has 2 aromatic heterocycles. The number of aromatic nitrogens is 2. The Kier molecular flexibility index (Phi) is 1.78. The van der Waals surface area contributed by atoms with Gasteiger partial charge in [-0.15, -0.1) is 0 Å². The van der Waals surface area contributed by atoms with Crippen LogP contribution >= 0.6 is 0 Å². The predicted octanol–water partition coefficient (Wildman–Crippen LogP) is 0.311. The van der Waals surface area contributed by atoms with Gasteiger partial charge in [0.2, 0.25) is 0 Å². The molecule has 2 heterocycles. The van der Waals surface area contributed by atoms with Crippen molar-refractivity contribution in [1.29, 1.82) is 0 Å². The fraction of sp³-hybridized carbons (Fsp3) is 0. The van der Waals surface area contributed by atoms with Crippen molar-refractivity contribution in [3.63, 3.8) is 0 Å². The van der Waals surface area contributed by atoms with E-state index in [4.69, 9.17) is 11.5 Å². The van der Waals surface area contributed by atoms with E-state index >= 15 is 0 Å². The number of nitrogens with two attached hydrogens (primary N) is 2. The Morgan fingerprint density at radius 3 is 2.86 bits per heavy atom. The maximum Gasteiger partial charge on any atom is 0.252 e. The van der Waals surface area contributed by atoms with Gasteiger partial charge >= 0.3 is 0 Å². The van der Waals surface area contributed by atoms with E-state index in [9.17, 15) is 4.79 Å². The Labute approximate surface area is 79.8 Å². The van der Waals surface area contributed by atoms with Gasteiger partial charge in [0.1, 0.15) is 5.82 Å². The molecule has 0 saturated carbocycles. The Balaban J connectivity index is 2.77. The van der Waals surface area contributed by atoms with Crippen molar-refractivity contribution in [1.82, 2.24) is 9.97 Å². The summed E-state index contributed by atoms with van der Waals surface area (Å²) in [4.78, 5) is 19.0. The van der Waals surface area contributed by atoms with E-state index in [1.54, 1.807) is 24.4 Å². The van der Waals surface area contributed by atoms with Gasteiger partial charge in [-0.05, 0) is 18.2 Å². The summed E-state index contributed by atoms with van der Waals surface area (Å²) in [6, 6.07) is 5.06. The highest BCUT2D eigenvalue weighted by Crippen LogP contribution is 2.15. The van der Waals surface area contributed by atoms with Crippen LogP contribution in [0.5, 0.6) is 0 Å². The number of carbonyl (C=O) groups excluding carboxylic acids is 1. The van der Waals surface area contributed by atoms with Crippen LogP contribution in [0.2, 0.25) is 0 Å². The Morgan fingerprint density at radius 1 is 1.36 bits per heavy atom. The van der Waals surface area contributed by atoms with Gasteiger partial charge in [0.25, 0.3) is 5.91 Å². The zero-order valence-corrected chi connectivity index (χ0v) is 7.27. The highest BCUT2D eigenvalue weighted by molar-refractivity contribution is 6.00. The van der Waals surface area contributed by atoms with Gasteiger partial charge in [-0.2, -0.15) is 0 Å². The van der Waals surface area contributed by atoms with Gasteiger partial charge in [-0.25, -0.2) is 4.98 Å². The minimum Gasteiger partial charge on any atom is -0.383 e. The third-order valence-electron chi connectivity index (χ3n) is 1.88. The van der Waals surface area contributed by atoms with E-state index in [0.717, 1.165) is 0 Å². The second kappa shape index (κ2) is 2.95. The number of hydrogen-bond donors (Lipinski definition) is 2. The lowest BCUT2D eigenvalue weighted by Gasteiger charge is -2.02. The average Bonchev–Trinajstić information content (AvgIpc) is 2.16. The molecule has 2 aromatic rings. The maximum atomic E-state index is 10.9. The molecule has 0 unspecified atom stereocenters. The number of nitrogens with zero attached hydrogens (tertiary/aromatic N) is 2. The van der Waals surface area contributed by atoms with E-state index in [1.807, 2.05) is 0 Å². The van der Waals surface area contributed by atoms with Crippen LogP contribution in [-0.4, -0.2) is 15.9 Å². The number of primary amides is 1. The number of anilines is 1. The van der Waals surface area contributed by atoms with Gasteiger partial charge in [0, 0.05) is 6.20 Å². The Hall–Kier alpha value is -2.17. The first kappa shape index (κ1) is 8.43. The normalized spacial score (nSPS) is 10.3. The number of carbonyl (C=O) groups is 1. The van der Waals surface area contributed by atoms with Crippen LogP contribution in [0.15, 0.2) is 24.4 Å². The summed E-state index contributed by atoms with van der Waals surface area (Å²) < 4.78 is 0. The van der Waals surface area contributed by atoms with E-state index in [-0.39, 0.29) is 11.4 Å². The van der Waals surface area contributed by atoms with Gasteiger partial charge in [-0.3, -0.25) is 9.78 Å². The Bertz CT molecular complexity index is 509. The topological polar surface area (TPSA) is 94.9 Å². The second-order valence-electron chi connectivity index (χ2n) is 2.83. The molecule has 0 atom stereocenters. The highest BCUT2D eigenvalue weighted by atomic mass is 16.1. The number of rotatable bonds is 1. The van der Waals surface area contributed by atoms with Gasteiger partial charge in [0.15, 0.2) is 0 Å². The van der Waals surface area contributed by atoms with E-state index in [1.165, 1.54) is 0 Å². The molecule has 0 bridgehead atoms. The minimum absolute atomic E-state index is 0.137. The maximum absolute atomic E-state index is 10.9. The van der Waals surface area contributed by atoms with Crippen molar-refractivity contribution < 1.29 is 4.79 Å². The number of hydrogen-bond acceptors (Lipinski definition) is 4. The molecule has 1 amide bonds. The number of fused-ring (bicyclic) bond motifs is 1. The summed E-state index contributed by atoms with van der Waals surface area (Å²) in [7, 11) is 0. The molecule has 0 aliphatic rings. The fourth-order valence-electron chi connectivity index (χ4n) is 1.21. The molecule has 70 valence electrons. The number of amides is 1. The van der Waals surface area contributed by atoms with Crippen LogP contribution in [0.25, 0.3) is 11.0 Å². The van der Waals surface area contributed by atoms with Crippen molar-refractivity contribution in [3.8, 4) is 0 Å². The van der Waals surface area contributed by atoms with Crippen molar-refractivity contribution in [2.24, 2.45) is 5.73 Å². The SMILES string of the molecule is NC(=O)c1cc2ncccc2nc1N. The third kappa shape index (κ3) is 1.24. The lowest BCUT2D eigenvalue weighted by molar-refractivity contribution is 0.100. The van der Waals surface area contributed by atoms with Crippen LogP contribution in [0.4, 0.5) is 5.82 Å². The molecule has 4 N–H and O–H groups in total. The summed E-state index contributed by atoms with van der Waals surface area (Å²) in [6.45, 7) is 0. The summed E-state index contributed by atoms with van der Waals surface area (Å²) >= 11 is 0. The Morgan fingerprint density at radius 2 is 2.14 bits per heavy atom. The average molecular weight is 188 g/mol. The lowest BCUT2D eigenvalue weighted by Crippen LogP contribution is -2.14. The smallest absolute Gasteiger partial charge is 0.252 e. The molecular weight excluding hydrogens is 180 g/mol. The largest absolute Gasteiger partial charge is 0.383 e. The lowest BCUT2D eigenvalue weighted by atomic mass is 10.2. The summed E-state index contributed by atoms with van der Waals surface area (Å²) in [5, 5.41) is 0. The second-order valence-corrected chi connectivity index (χ2v) is 2.83. The first-order chi connectivity index (χ1) is 6.68. The van der Waals surface area contributed by atoms with Crippen LogP contribution < -0.4 is 11.5 Å². The molecule has 0 aromatic carbocycles. The summed E-state index contributed by atoms with van der Waals surface area (Å²) in [5.41, 5.74) is 12.1. The van der Waals surface area contributed by atoms with E-state index in [0.29, 0.717) is 11.0 Å². The fourth-order valence-corrected chi connectivity index (χ4v) is 1.21. The standard InChI is InChI=1S/C9H8N4O/c10-8-5(9(11)14)4-7-6(13-8)2-1-3-12-7/h1-4H,(H2,10,13)(H2,11,14). The van der Waals surface area contributed by atoms with Crippen LogP contribution in [0.3, 0.4) is 0 Å². The quantitative estimate of drug-likeness (QED) is 0.673. The molecule has 5 heteroatoms. The molecule has 2 rings (SSSR count). The monoisotopic (exact) mass is 188 g/mol. The molecule has 0 radical (unpaired) electrons. The number of pyridine rings is 2. The van der Waals surface area contributed by atoms with Crippen molar-refractivity contribution in [2.75, 3.05) is 5.73 Å². The molecule has 0 saturated heterocycles. The molecule has 14 heavy (non-hydrogen) atoms. The molecular formula is C9H8N4O. The summed E-state index contributed by atoms with van der Waals surface area (Å²) in [5.74, 6) is -0.458. The minimum atomic E-state index is -0.595. The molecule has 0 aliphatic carbocycles. The first-order valence-corrected chi connectivity index (χ1v) is 3.99. The van der Waals surface area contributed by atoms with Crippen LogP contribution in [0, 0.1) is 0 Å². The first-order valence-electron chi connectivity index (χ1n) is 3.99. The van der Waals surface area contributed by atoms with Gasteiger partial charge in [0.05, 0.1) is 16.6 Å². The van der Waals surface area contributed by atoms with Crippen LogP contribution in [0.1, 0.15) is 10.4 Å². The molecule has 0 fully saturated rings. The van der Waals surface area contributed by atoms with Crippen molar-refractivity contribution >= 4 is 22.8 Å². The molecule has 0 aliphatic heterocycles. The van der Waals surface area contributed by atoms with E-state index in [2.05, 4.69) is 9.97 Å². The molecule has 0 spiro atoms. The number of nitrogen functional groups attached to an aromatic ring is 1. The summed E-state index contributed by atoms with van der Waals surface area (Å²) in [6.07, 6.45) is 1.62. The van der Waals surface area contributed by atoms with Crippen molar-refractivity contribution in [2.45, 2.75) is 0 Å². The predicted molar refractivity (Wildman–Crippen MR) is 52.5 cm³/mol. The molecule has 5 nitrogen and oxygen atoms in total.